The van der Waals surface area contributed by atoms with Crippen molar-refractivity contribution in [1.82, 2.24) is 5.32 Å². The molecule has 11 heavy (non-hydrogen) atoms. The third-order valence-corrected chi connectivity index (χ3v) is 1.84. The van der Waals surface area contributed by atoms with Gasteiger partial charge in [-0.15, -0.1) is 0 Å². The average molecular weight is 165 g/mol. The van der Waals surface area contributed by atoms with Crippen LogP contribution in [0, 0.1) is 0 Å². The number of hydrogen-bond acceptors (Lipinski definition) is 2. The summed E-state index contributed by atoms with van der Waals surface area (Å²) in [6, 6.07) is 0. The summed E-state index contributed by atoms with van der Waals surface area (Å²) in [5.41, 5.74) is -1.29. The lowest BCUT2D eigenvalue weighted by atomic mass is 10.1. The number of hydrogen-bond donors (Lipinski definition) is 1. The van der Waals surface area contributed by atoms with Crippen molar-refractivity contribution in [2.24, 2.45) is 0 Å². The SMILES string of the molecule is C[C@H]1CNC[C@](C)(C(F)F)O1. The van der Waals surface area contributed by atoms with Crippen molar-refractivity contribution in [2.45, 2.75) is 32.0 Å². The Hall–Kier alpha value is -0.220. The lowest BCUT2D eigenvalue weighted by Crippen LogP contribution is -2.55. The minimum Gasteiger partial charge on any atom is -0.364 e. The molecule has 2 atom stereocenters. The first kappa shape index (κ1) is 8.87. The van der Waals surface area contributed by atoms with E-state index < -0.39 is 12.0 Å². The molecule has 2 nitrogen and oxygen atoms in total. The highest BCUT2D eigenvalue weighted by atomic mass is 19.3. The zero-order valence-corrected chi connectivity index (χ0v) is 6.73. The Bertz CT molecular complexity index is 142. The summed E-state index contributed by atoms with van der Waals surface area (Å²) in [7, 11) is 0. The predicted octanol–water partition coefficient (Wildman–Crippen LogP) is 1.02. The van der Waals surface area contributed by atoms with Crippen LogP contribution in [0.2, 0.25) is 0 Å². The second-order valence-corrected chi connectivity index (χ2v) is 3.17. The fourth-order valence-electron chi connectivity index (χ4n) is 1.20. The van der Waals surface area contributed by atoms with Crippen molar-refractivity contribution in [2.75, 3.05) is 13.1 Å². The molecule has 0 amide bonds. The van der Waals surface area contributed by atoms with E-state index in [0.717, 1.165) is 0 Å². The third-order valence-electron chi connectivity index (χ3n) is 1.84. The molecule has 0 unspecified atom stereocenters. The van der Waals surface area contributed by atoms with Gasteiger partial charge in [0.25, 0.3) is 6.43 Å². The first-order valence-electron chi connectivity index (χ1n) is 3.71. The van der Waals surface area contributed by atoms with Crippen LogP contribution in [-0.2, 0) is 4.74 Å². The maximum Gasteiger partial charge on any atom is 0.268 e. The van der Waals surface area contributed by atoms with Crippen LogP contribution in [0.3, 0.4) is 0 Å². The molecule has 0 aromatic rings. The van der Waals surface area contributed by atoms with Crippen LogP contribution in [-0.4, -0.2) is 31.2 Å². The first-order chi connectivity index (χ1) is 5.04. The molecule has 1 fully saturated rings. The van der Waals surface area contributed by atoms with Gasteiger partial charge in [0, 0.05) is 13.1 Å². The predicted molar refractivity (Wildman–Crippen MR) is 37.8 cm³/mol. The molecule has 1 rings (SSSR count). The van der Waals surface area contributed by atoms with Crippen LogP contribution in [0.5, 0.6) is 0 Å². The summed E-state index contributed by atoms with van der Waals surface area (Å²) in [6.45, 7) is 4.10. The van der Waals surface area contributed by atoms with Gasteiger partial charge >= 0.3 is 0 Å². The Morgan fingerprint density at radius 3 is 2.64 bits per heavy atom. The Morgan fingerprint density at radius 1 is 1.64 bits per heavy atom. The Balaban J connectivity index is 2.55. The quantitative estimate of drug-likeness (QED) is 0.626. The summed E-state index contributed by atoms with van der Waals surface area (Å²) < 4.78 is 29.7. The molecule has 0 aliphatic carbocycles. The van der Waals surface area contributed by atoms with Gasteiger partial charge in [-0.2, -0.15) is 0 Å². The lowest BCUT2D eigenvalue weighted by molar-refractivity contribution is -0.169. The van der Waals surface area contributed by atoms with Crippen molar-refractivity contribution in [3.05, 3.63) is 0 Å². The van der Waals surface area contributed by atoms with Gasteiger partial charge in [0.05, 0.1) is 6.10 Å². The van der Waals surface area contributed by atoms with E-state index in [0.29, 0.717) is 6.54 Å². The molecule has 0 bridgehead atoms. The van der Waals surface area contributed by atoms with Crippen LogP contribution in [0.1, 0.15) is 13.8 Å². The van der Waals surface area contributed by atoms with Crippen molar-refractivity contribution in [3.8, 4) is 0 Å². The first-order valence-corrected chi connectivity index (χ1v) is 3.71. The van der Waals surface area contributed by atoms with Crippen molar-refractivity contribution in [1.29, 1.82) is 0 Å². The van der Waals surface area contributed by atoms with E-state index in [1.165, 1.54) is 6.92 Å². The van der Waals surface area contributed by atoms with Gasteiger partial charge in [-0.1, -0.05) is 0 Å². The summed E-state index contributed by atoms with van der Waals surface area (Å²) in [5, 5.41) is 2.90. The monoisotopic (exact) mass is 165 g/mol. The lowest BCUT2D eigenvalue weighted by Gasteiger charge is -2.37. The molecule has 0 aromatic heterocycles. The van der Waals surface area contributed by atoms with Crippen molar-refractivity contribution >= 4 is 0 Å². The number of rotatable bonds is 1. The van der Waals surface area contributed by atoms with Crippen LogP contribution >= 0.6 is 0 Å². The highest BCUT2D eigenvalue weighted by Crippen LogP contribution is 2.23. The molecule has 66 valence electrons. The zero-order chi connectivity index (χ0) is 8.48. The van der Waals surface area contributed by atoms with Gasteiger partial charge in [0.1, 0.15) is 5.60 Å². The zero-order valence-electron chi connectivity index (χ0n) is 6.73. The van der Waals surface area contributed by atoms with E-state index in [2.05, 4.69) is 5.32 Å². The topological polar surface area (TPSA) is 21.3 Å². The number of nitrogens with one attached hydrogen (secondary N) is 1. The summed E-state index contributed by atoms with van der Waals surface area (Å²) in [5.74, 6) is 0. The molecular weight excluding hydrogens is 152 g/mol. The molecule has 0 saturated carbocycles. The number of halogens is 2. The van der Waals surface area contributed by atoms with E-state index in [9.17, 15) is 8.78 Å². The number of morpholine rings is 1. The van der Waals surface area contributed by atoms with Gasteiger partial charge in [-0.25, -0.2) is 8.78 Å². The fourth-order valence-corrected chi connectivity index (χ4v) is 1.20. The standard InChI is InChI=1S/C7H13F2NO/c1-5-3-10-4-7(2,11-5)6(8)9/h5-6,10H,3-4H2,1-2H3/t5-,7+/m0/s1. The normalized spacial score (nSPS) is 39.5. The van der Waals surface area contributed by atoms with Gasteiger partial charge in [-0.05, 0) is 13.8 Å². The highest BCUT2D eigenvalue weighted by molar-refractivity contribution is 4.86. The van der Waals surface area contributed by atoms with Gasteiger partial charge in [-0.3, -0.25) is 0 Å². The molecule has 1 N–H and O–H groups in total. The fraction of sp³-hybridized carbons (Fsp3) is 1.00. The van der Waals surface area contributed by atoms with E-state index in [1.54, 1.807) is 6.92 Å². The van der Waals surface area contributed by atoms with E-state index in [-0.39, 0.29) is 12.6 Å². The van der Waals surface area contributed by atoms with Crippen LogP contribution < -0.4 is 5.32 Å². The second-order valence-electron chi connectivity index (χ2n) is 3.17. The van der Waals surface area contributed by atoms with E-state index >= 15 is 0 Å². The molecule has 0 aromatic carbocycles. The summed E-state index contributed by atoms with van der Waals surface area (Å²) in [4.78, 5) is 0. The molecule has 0 spiro atoms. The molecular formula is C7H13F2NO. The Labute approximate surface area is 64.9 Å². The van der Waals surface area contributed by atoms with E-state index in [4.69, 9.17) is 4.74 Å². The van der Waals surface area contributed by atoms with E-state index in [1.807, 2.05) is 0 Å². The third kappa shape index (κ3) is 1.87. The minimum absolute atomic E-state index is 0.122. The minimum atomic E-state index is -2.42. The van der Waals surface area contributed by atoms with Gasteiger partial charge < -0.3 is 10.1 Å². The molecule has 1 saturated heterocycles. The Morgan fingerprint density at radius 2 is 2.27 bits per heavy atom. The smallest absolute Gasteiger partial charge is 0.268 e. The average Bonchev–Trinajstić information content (AvgIpc) is 1.86. The van der Waals surface area contributed by atoms with Crippen LogP contribution in [0.4, 0.5) is 8.78 Å². The number of alkyl halides is 2. The summed E-state index contributed by atoms with van der Waals surface area (Å²) >= 11 is 0. The van der Waals surface area contributed by atoms with Gasteiger partial charge in [0.15, 0.2) is 0 Å². The highest BCUT2D eigenvalue weighted by Gasteiger charge is 2.39. The Kier molecular flexibility index (Phi) is 2.44. The maximum atomic E-state index is 12.3. The molecule has 1 aliphatic heterocycles. The summed E-state index contributed by atoms with van der Waals surface area (Å²) in [6.07, 6.45) is -2.54. The molecule has 4 heteroatoms. The molecule has 1 heterocycles. The molecule has 0 radical (unpaired) electrons. The molecule has 1 aliphatic rings. The number of ether oxygens (including phenoxy) is 1. The van der Waals surface area contributed by atoms with Gasteiger partial charge in [0.2, 0.25) is 0 Å². The maximum absolute atomic E-state index is 12.3. The van der Waals surface area contributed by atoms with Crippen LogP contribution in [0.15, 0.2) is 0 Å². The largest absolute Gasteiger partial charge is 0.364 e. The van der Waals surface area contributed by atoms with Crippen molar-refractivity contribution < 1.29 is 13.5 Å². The van der Waals surface area contributed by atoms with Crippen LogP contribution in [0.25, 0.3) is 0 Å². The van der Waals surface area contributed by atoms with Crippen molar-refractivity contribution in [3.63, 3.8) is 0 Å². The second kappa shape index (κ2) is 3.03.